The molecule has 2 heterocycles. The molecule has 0 aromatic carbocycles. The third-order valence-corrected chi connectivity index (χ3v) is 3.57. The fraction of sp³-hybridized carbons (Fsp3) is 0.500. The van der Waals surface area contributed by atoms with Crippen molar-refractivity contribution in [1.29, 1.82) is 0 Å². The van der Waals surface area contributed by atoms with Crippen molar-refractivity contribution < 1.29 is 30.0 Å². The molecule has 2 rings (SSSR count). The molecule has 0 fully saturated rings. The number of aliphatic hydroxyl groups excluding tert-OH is 4. The van der Waals surface area contributed by atoms with Gasteiger partial charge in [0.1, 0.15) is 30.6 Å². The van der Waals surface area contributed by atoms with Gasteiger partial charge in [0.05, 0.1) is 13.2 Å². The molecule has 2 aromatic heterocycles. The topological polar surface area (TPSA) is 208 Å². The molecule has 0 radical (unpaired) electrons. The van der Waals surface area contributed by atoms with Gasteiger partial charge in [-0.2, -0.15) is 4.98 Å². The summed E-state index contributed by atoms with van der Waals surface area (Å²) in [5.74, 6) is -1.07. The number of aromatic amines is 2. The molecule has 0 aliphatic rings. The van der Waals surface area contributed by atoms with Crippen molar-refractivity contribution in [2.75, 3.05) is 13.2 Å². The first-order valence-corrected chi connectivity index (χ1v) is 7.70. The van der Waals surface area contributed by atoms with E-state index in [2.05, 4.69) is 9.97 Å². The summed E-state index contributed by atoms with van der Waals surface area (Å²) in [6, 6.07) is 0. The monoisotopic (exact) mass is 386 g/mol. The molecule has 148 valence electrons. The number of rotatable bonds is 8. The predicted molar refractivity (Wildman–Crippen MR) is 88.5 cm³/mol. The first-order valence-electron chi connectivity index (χ1n) is 7.70. The molecule has 0 aliphatic carbocycles. The van der Waals surface area contributed by atoms with E-state index in [1.165, 1.54) is 6.92 Å². The van der Waals surface area contributed by atoms with E-state index in [1.54, 1.807) is 0 Å². The maximum absolute atomic E-state index is 12.5. The molecule has 0 aliphatic heterocycles. The number of ketones is 1. The van der Waals surface area contributed by atoms with Crippen LogP contribution in [0.4, 0.5) is 0 Å². The standard InChI is InChI=1S/C14H18N4O9/c1-5(20)4-27-12-13(25)18(2-6(21)9(23)7(22)3-19)10-8(15-12)11(24)17-14(26)16-10/h6-7,9,19,21-23H,2-4H2,1H3,(H2,16,17,24,26)/t6-,7+,9-/m0/s1. The lowest BCUT2D eigenvalue weighted by molar-refractivity contribution is -0.119. The highest BCUT2D eigenvalue weighted by molar-refractivity contribution is 5.77. The van der Waals surface area contributed by atoms with Crippen molar-refractivity contribution >= 4 is 16.9 Å². The molecular weight excluding hydrogens is 368 g/mol. The summed E-state index contributed by atoms with van der Waals surface area (Å²) in [5.41, 5.74) is -3.70. The number of ether oxygens (including phenoxy) is 1. The average Bonchev–Trinajstić information content (AvgIpc) is 2.61. The Labute approximate surface area is 149 Å². The zero-order valence-electron chi connectivity index (χ0n) is 14.1. The van der Waals surface area contributed by atoms with Gasteiger partial charge in [-0.3, -0.25) is 28.9 Å². The lowest BCUT2D eigenvalue weighted by Crippen LogP contribution is -2.44. The van der Waals surface area contributed by atoms with Crippen LogP contribution in [0.3, 0.4) is 0 Å². The van der Waals surface area contributed by atoms with Crippen LogP contribution in [0.5, 0.6) is 5.88 Å². The Balaban J connectivity index is 2.62. The third kappa shape index (κ3) is 4.46. The minimum absolute atomic E-state index is 0.367. The number of fused-ring (bicyclic) bond motifs is 1. The van der Waals surface area contributed by atoms with Crippen LogP contribution in [0.25, 0.3) is 11.2 Å². The second-order valence-corrected chi connectivity index (χ2v) is 5.74. The fourth-order valence-electron chi connectivity index (χ4n) is 2.23. The highest BCUT2D eigenvalue weighted by Gasteiger charge is 2.26. The van der Waals surface area contributed by atoms with Crippen LogP contribution < -0.4 is 21.5 Å². The van der Waals surface area contributed by atoms with E-state index in [0.717, 1.165) is 0 Å². The van der Waals surface area contributed by atoms with Gasteiger partial charge in [0.15, 0.2) is 11.3 Å². The van der Waals surface area contributed by atoms with E-state index in [-0.39, 0.29) is 5.65 Å². The van der Waals surface area contributed by atoms with Crippen LogP contribution >= 0.6 is 0 Å². The summed E-state index contributed by atoms with van der Waals surface area (Å²) in [4.78, 5) is 54.9. The Hall–Kier alpha value is -2.87. The minimum atomic E-state index is -1.83. The van der Waals surface area contributed by atoms with Crippen molar-refractivity contribution in [2.24, 2.45) is 0 Å². The number of Topliss-reactive ketones (excluding diaryl/α,β-unsaturated/α-hetero) is 1. The molecule has 13 nitrogen and oxygen atoms in total. The smallest absolute Gasteiger partial charge is 0.327 e. The zero-order chi connectivity index (χ0) is 20.3. The van der Waals surface area contributed by atoms with Crippen LogP contribution in [-0.2, 0) is 11.3 Å². The number of aromatic nitrogens is 4. The molecule has 0 bridgehead atoms. The molecule has 0 spiro atoms. The predicted octanol–water partition coefficient (Wildman–Crippen LogP) is -4.18. The molecule has 6 N–H and O–H groups in total. The molecule has 27 heavy (non-hydrogen) atoms. The summed E-state index contributed by atoms with van der Waals surface area (Å²) in [6.07, 6.45) is -5.29. The van der Waals surface area contributed by atoms with Crippen molar-refractivity contribution in [1.82, 2.24) is 19.5 Å². The van der Waals surface area contributed by atoms with E-state index in [9.17, 15) is 34.5 Å². The van der Waals surface area contributed by atoms with Gasteiger partial charge >= 0.3 is 11.2 Å². The van der Waals surface area contributed by atoms with Crippen LogP contribution in [0, 0.1) is 0 Å². The molecule has 0 amide bonds. The molecule has 0 saturated carbocycles. The highest BCUT2D eigenvalue weighted by Crippen LogP contribution is 2.09. The fourth-order valence-corrected chi connectivity index (χ4v) is 2.23. The Morgan fingerprint density at radius 3 is 2.44 bits per heavy atom. The Kier molecular flexibility index (Phi) is 6.22. The summed E-state index contributed by atoms with van der Waals surface area (Å²) in [6.45, 7) is -0.858. The van der Waals surface area contributed by atoms with E-state index in [4.69, 9.17) is 9.84 Å². The lowest BCUT2D eigenvalue weighted by atomic mass is 10.1. The molecule has 2 aromatic rings. The van der Waals surface area contributed by atoms with E-state index in [0.29, 0.717) is 4.57 Å². The Morgan fingerprint density at radius 2 is 1.85 bits per heavy atom. The summed E-state index contributed by atoms with van der Waals surface area (Å²) in [5, 5.41) is 38.0. The second-order valence-electron chi connectivity index (χ2n) is 5.74. The summed E-state index contributed by atoms with van der Waals surface area (Å²) >= 11 is 0. The van der Waals surface area contributed by atoms with Crippen LogP contribution in [-0.4, -0.2) is 77.3 Å². The van der Waals surface area contributed by atoms with Gasteiger partial charge in [-0.05, 0) is 6.92 Å². The van der Waals surface area contributed by atoms with Crippen molar-refractivity contribution in [3.05, 3.63) is 31.2 Å². The summed E-state index contributed by atoms with van der Waals surface area (Å²) < 4.78 is 5.67. The van der Waals surface area contributed by atoms with E-state index >= 15 is 0 Å². The second kappa shape index (κ2) is 8.22. The number of nitrogens with zero attached hydrogens (tertiary/aromatic N) is 2. The number of carbonyl (C=O) groups excluding carboxylic acids is 1. The van der Waals surface area contributed by atoms with Crippen molar-refractivity contribution in [3.63, 3.8) is 0 Å². The van der Waals surface area contributed by atoms with Crippen LogP contribution in [0.2, 0.25) is 0 Å². The average molecular weight is 386 g/mol. The Morgan fingerprint density at radius 1 is 1.19 bits per heavy atom. The van der Waals surface area contributed by atoms with Gasteiger partial charge in [-0.15, -0.1) is 0 Å². The normalized spacial score (nSPS) is 14.7. The van der Waals surface area contributed by atoms with Gasteiger partial charge in [0, 0.05) is 0 Å². The summed E-state index contributed by atoms with van der Waals surface area (Å²) in [7, 11) is 0. The van der Waals surface area contributed by atoms with E-state index < -0.39 is 72.1 Å². The van der Waals surface area contributed by atoms with Gasteiger partial charge in [0.2, 0.25) is 0 Å². The maximum atomic E-state index is 12.5. The molecule has 0 saturated heterocycles. The maximum Gasteiger partial charge on any atom is 0.327 e. The largest absolute Gasteiger partial charge is 0.466 e. The first-order chi connectivity index (χ1) is 12.6. The third-order valence-electron chi connectivity index (χ3n) is 3.57. The number of hydrogen-bond donors (Lipinski definition) is 6. The number of hydrogen-bond acceptors (Lipinski definition) is 10. The molecule has 13 heteroatoms. The first kappa shape index (κ1) is 20.4. The van der Waals surface area contributed by atoms with Gasteiger partial charge in [-0.25, -0.2) is 4.79 Å². The quantitative estimate of drug-likeness (QED) is 0.258. The zero-order valence-corrected chi connectivity index (χ0v) is 14.1. The number of carbonyl (C=O) groups is 1. The molecule has 0 unspecified atom stereocenters. The molecular formula is C14H18N4O9. The number of aliphatic hydroxyl groups is 4. The van der Waals surface area contributed by atoms with Crippen LogP contribution in [0.15, 0.2) is 14.4 Å². The van der Waals surface area contributed by atoms with Crippen LogP contribution in [0.1, 0.15) is 6.92 Å². The van der Waals surface area contributed by atoms with Crippen molar-refractivity contribution in [3.8, 4) is 5.88 Å². The minimum Gasteiger partial charge on any atom is -0.466 e. The van der Waals surface area contributed by atoms with Gasteiger partial charge in [-0.1, -0.05) is 0 Å². The van der Waals surface area contributed by atoms with Gasteiger partial charge in [0.25, 0.3) is 11.4 Å². The number of nitrogens with one attached hydrogen (secondary N) is 2. The van der Waals surface area contributed by atoms with E-state index in [1.807, 2.05) is 4.98 Å². The highest BCUT2D eigenvalue weighted by atomic mass is 16.5. The van der Waals surface area contributed by atoms with Crippen molar-refractivity contribution in [2.45, 2.75) is 31.8 Å². The Bertz CT molecular complexity index is 1010. The lowest BCUT2D eigenvalue weighted by Gasteiger charge is -2.22. The molecule has 3 atom stereocenters. The number of H-pyrrole nitrogens is 2. The SMILES string of the molecule is CC(=O)COc1nc2c(=O)[nH]c(=O)[nH]c2n(C[C@H](O)[C@H](O)[C@H](O)CO)c1=O. The van der Waals surface area contributed by atoms with Gasteiger partial charge < -0.3 is 25.2 Å².